The SMILES string of the molecule is COc1ccc(CC(=O)Nc2ccc3n(c2=O)C[C@@H]2C[C@@H]3CN(C3CCN(C(C)=O)CC3)C2)cc1. The first-order chi connectivity index (χ1) is 16.9. The summed E-state index contributed by atoms with van der Waals surface area (Å²) in [6.07, 6.45) is 3.34. The number of fused-ring (bicyclic) bond motifs is 4. The Morgan fingerprint density at radius 1 is 1.03 bits per heavy atom. The number of ether oxygens (including phenoxy) is 1. The van der Waals surface area contributed by atoms with Gasteiger partial charge in [-0.1, -0.05) is 12.1 Å². The minimum absolute atomic E-state index is 0.108. The number of methoxy groups -OCH3 is 1. The average molecular weight is 479 g/mol. The molecule has 1 aromatic heterocycles. The number of benzene rings is 1. The quantitative estimate of drug-likeness (QED) is 0.714. The smallest absolute Gasteiger partial charge is 0.274 e. The van der Waals surface area contributed by atoms with Gasteiger partial charge in [0.15, 0.2) is 0 Å². The Bertz CT molecular complexity index is 1150. The molecule has 2 atom stereocenters. The van der Waals surface area contributed by atoms with Crippen LogP contribution in [0.3, 0.4) is 0 Å². The molecule has 8 nitrogen and oxygen atoms in total. The van der Waals surface area contributed by atoms with Crippen molar-refractivity contribution in [3.63, 3.8) is 0 Å². The lowest BCUT2D eigenvalue weighted by Gasteiger charge is -2.47. The lowest BCUT2D eigenvalue weighted by Crippen LogP contribution is -2.53. The summed E-state index contributed by atoms with van der Waals surface area (Å²) < 4.78 is 7.05. The molecule has 186 valence electrons. The van der Waals surface area contributed by atoms with Crippen LogP contribution in [0.5, 0.6) is 5.75 Å². The number of pyridine rings is 1. The fraction of sp³-hybridized carbons (Fsp3) is 0.519. The largest absolute Gasteiger partial charge is 0.497 e. The fourth-order valence-corrected chi connectivity index (χ4v) is 6.05. The van der Waals surface area contributed by atoms with Crippen molar-refractivity contribution in [3.8, 4) is 5.75 Å². The highest BCUT2D eigenvalue weighted by Gasteiger charge is 2.38. The normalized spacial score (nSPS) is 22.4. The van der Waals surface area contributed by atoms with Crippen LogP contribution in [-0.4, -0.2) is 65.5 Å². The predicted octanol–water partition coefficient (Wildman–Crippen LogP) is 2.47. The monoisotopic (exact) mass is 478 g/mol. The van der Waals surface area contributed by atoms with Crippen molar-refractivity contribution in [2.75, 3.05) is 38.6 Å². The summed E-state index contributed by atoms with van der Waals surface area (Å²) >= 11 is 0. The van der Waals surface area contributed by atoms with Crippen LogP contribution in [0.2, 0.25) is 0 Å². The zero-order valence-electron chi connectivity index (χ0n) is 20.5. The molecule has 2 amide bonds. The first-order valence-corrected chi connectivity index (χ1v) is 12.6. The van der Waals surface area contributed by atoms with E-state index in [4.69, 9.17) is 4.74 Å². The van der Waals surface area contributed by atoms with E-state index in [1.54, 1.807) is 20.1 Å². The zero-order chi connectivity index (χ0) is 24.5. The van der Waals surface area contributed by atoms with Crippen LogP contribution in [0.25, 0.3) is 0 Å². The number of piperidine rings is 2. The third-order valence-electron chi connectivity index (χ3n) is 7.86. The van der Waals surface area contributed by atoms with E-state index in [2.05, 4.69) is 10.2 Å². The average Bonchev–Trinajstić information content (AvgIpc) is 2.86. The molecule has 1 N–H and O–H groups in total. The minimum atomic E-state index is -0.202. The van der Waals surface area contributed by atoms with Crippen molar-refractivity contribution >= 4 is 17.5 Å². The third-order valence-corrected chi connectivity index (χ3v) is 7.86. The number of carbonyl (C=O) groups excluding carboxylic acids is 2. The van der Waals surface area contributed by atoms with E-state index in [1.807, 2.05) is 39.8 Å². The van der Waals surface area contributed by atoms with Crippen molar-refractivity contribution in [3.05, 3.63) is 58.0 Å². The number of amides is 2. The highest BCUT2D eigenvalue weighted by molar-refractivity contribution is 5.92. The fourth-order valence-electron chi connectivity index (χ4n) is 6.05. The van der Waals surface area contributed by atoms with Crippen LogP contribution in [0.4, 0.5) is 5.69 Å². The van der Waals surface area contributed by atoms with Gasteiger partial charge in [0.2, 0.25) is 11.8 Å². The Kier molecular flexibility index (Phi) is 6.65. The molecule has 3 aliphatic heterocycles. The number of nitrogens with one attached hydrogen (secondary N) is 1. The molecule has 2 bridgehead atoms. The van der Waals surface area contributed by atoms with Gasteiger partial charge in [-0.3, -0.25) is 19.3 Å². The molecule has 1 aromatic carbocycles. The lowest BCUT2D eigenvalue weighted by molar-refractivity contribution is -0.130. The molecule has 2 saturated heterocycles. The van der Waals surface area contributed by atoms with Gasteiger partial charge < -0.3 is 19.5 Å². The van der Waals surface area contributed by atoms with Crippen molar-refractivity contribution in [2.24, 2.45) is 5.92 Å². The molecule has 0 unspecified atom stereocenters. The van der Waals surface area contributed by atoms with E-state index in [-0.39, 0.29) is 23.8 Å². The van der Waals surface area contributed by atoms with Crippen molar-refractivity contribution in [1.82, 2.24) is 14.4 Å². The second kappa shape index (κ2) is 9.85. The van der Waals surface area contributed by atoms with Crippen molar-refractivity contribution in [2.45, 2.75) is 51.1 Å². The van der Waals surface area contributed by atoms with Gasteiger partial charge in [-0.25, -0.2) is 0 Å². The first kappa shape index (κ1) is 23.6. The molecule has 0 spiro atoms. The van der Waals surface area contributed by atoms with E-state index in [0.717, 1.165) is 62.4 Å². The second-order valence-corrected chi connectivity index (χ2v) is 10.2. The Morgan fingerprint density at radius 3 is 2.46 bits per heavy atom. The Labute approximate surface area is 205 Å². The molecule has 0 saturated carbocycles. The highest BCUT2D eigenvalue weighted by Crippen LogP contribution is 2.37. The van der Waals surface area contributed by atoms with Gasteiger partial charge in [-0.05, 0) is 55.0 Å². The van der Waals surface area contributed by atoms with E-state index in [9.17, 15) is 14.4 Å². The van der Waals surface area contributed by atoms with Gasteiger partial charge in [-0.2, -0.15) is 0 Å². The molecule has 2 fully saturated rings. The van der Waals surface area contributed by atoms with Crippen LogP contribution < -0.4 is 15.6 Å². The molecule has 0 radical (unpaired) electrons. The maximum atomic E-state index is 13.3. The number of nitrogens with zero attached hydrogens (tertiary/aromatic N) is 3. The van der Waals surface area contributed by atoms with Gasteiger partial charge >= 0.3 is 0 Å². The van der Waals surface area contributed by atoms with E-state index < -0.39 is 0 Å². The Hall–Kier alpha value is -3.13. The zero-order valence-corrected chi connectivity index (χ0v) is 20.5. The van der Waals surface area contributed by atoms with Gasteiger partial charge in [0, 0.05) is 57.3 Å². The number of likely N-dealkylation sites (tertiary alicyclic amines) is 2. The molecular weight excluding hydrogens is 444 g/mol. The highest BCUT2D eigenvalue weighted by atomic mass is 16.5. The number of carbonyl (C=O) groups is 2. The molecule has 35 heavy (non-hydrogen) atoms. The topological polar surface area (TPSA) is 83.9 Å². The molecule has 8 heteroatoms. The Balaban J connectivity index is 1.25. The van der Waals surface area contributed by atoms with E-state index in [1.165, 1.54) is 0 Å². The molecule has 3 aliphatic rings. The predicted molar refractivity (Wildman–Crippen MR) is 134 cm³/mol. The number of aromatic nitrogens is 1. The first-order valence-electron chi connectivity index (χ1n) is 12.6. The van der Waals surface area contributed by atoms with Crippen molar-refractivity contribution in [1.29, 1.82) is 0 Å². The number of hydrogen-bond donors (Lipinski definition) is 1. The number of hydrogen-bond acceptors (Lipinski definition) is 5. The number of rotatable bonds is 5. The summed E-state index contributed by atoms with van der Waals surface area (Å²) in [4.78, 5) is 42.1. The minimum Gasteiger partial charge on any atom is -0.497 e. The summed E-state index contributed by atoms with van der Waals surface area (Å²) in [7, 11) is 1.61. The Morgan fingerprint density at radius 2 is 1.77 bits per heavy atom. The maximum Gasteiger partial charge on any atom is 0.274 e. The molecule has 2 aromatic rings. The van der Waals surface area contributed by atoms with E-state index >= 15 is 0 Å². The molecule has 0 aliphatic carbocycles. The lowest BCUT2D eigenvalue weighted by atomic mass is 9.82. The van der Waals surface area contributed by atoms with Crippen LogP contribution in [0.1, 0.15) is 43.4 Å². The second-order valence-electron chi connectivity index (χ2n) is 10.2. The summed E-state index contributed by atoms with van der Waals surface area (Å²) in [6.45, 7) is 5.94. The van der Waals surface area contributed by atoms with Gasteiger partial charge in [0.25, 0.3) is 5.56 Å². The third kappa shape index (κ3) is 4.98. The maximum absolute atomic E-state index is 13.3. The van der Waals surface area contributed by atoms with Crippen LogP contribution in [0, 0.1) is 5.92 Å². The summed E-state index contributed by atoms with van der Waals surface area (Å²) in [5, 5.41) is 2.83. The van der Waals surface area contributed by atoms with Gasteiger partial charge in [0.1, 0.15) is 11.4 Å². The van der Waals surface area contributed by atoms with Crippen LogP contribution >= 0.6 is 0 Å². The van der Waals surface area contributed by atoms with Gasteiger partial charge in [-0.15, -0.1) is 0 Å². The van der Waals surface area contributed by atoms with E-state index in [0.29, 0.717) is 30.1 Å². The molecular formula is C27H34N4O4. The molecule has 5 rings (SSSR count). The van der Waals surface area contributed by atoms with Crippen molar-refractivity contribution < 1.29 is 14.3 Å². The molecule has 4 heterocycles. The summed E-state index contributed by atoms with van der Waals surface area (Å²) in [5.74, 6) is 1.46. The summed E-state index contributed by atoms with van der Waals surface area (Å²) in [6, 6.07) is 11.7. The standard InChI is InChI=1S/C27H34N4O4/c1-18(32)29-11-9-22(10-12-29)30-15-20-13-21(17-30)25-8-7-24(27(34)31(25)16-20)28-26(33)14-19-3-5-23(35-2)6-4-19/h3-8,20-22H,9-17H2,1-2H3,(H,28,33)/t20-,21-/m1/s1. The summed E-state index contributed by atoms with van der Waals surface area (Å²) in [5.41, 5.74) is 2.18. The number of anilines is 1. The van der Waals surface area contributed by atoms with Gasteiger partial charge in [0.05, 0.1) is 13.5 Å². The van der Waals surface area contributed by atoms with Crippen LogP contribution in [0.15, 0.2) is 41.2 Å². The van der Waals surface area contributed by atoms with Crippen LogP contribution in [-0.2, 0) is 22.6 Å².